The number of hydrogen-bond donors (Lipinski definition) is 0. The second kappa shape index (κ2) is 15.6. The molecule has 1 aromatic heterocycles. The van der Waals surface area contributed by atoms with Crippen LogP contribution in [0, 0.1) is 13.8 Å². The van der Waals surface area contributed by atoms with E-state index < -0.39 is 0 Å². The van der Waals surface area contributed by atoms with Crippen molar-refractivity contribution >= 4 is 11.4 Å². The zero-order valence-electron chi connectivity index (χ0n) is 29.0. The molecule has 7 aromatic rings. The van der Waals surface area contributed by atoms with Gasteiger partial charge < -0.3 is 14.2 Å². The molecule has 0 aliphatic carbocycles. The zero-order valence-corrected chi connectivity index (χ0v) is 29.0. The summed E-state index contributed by atoms with van der Waals surface area (Å²) < 4.78 is 6.17. The molecule has 6 aromatic carbocycles. The van der Waals surface area contributed by atoms with Gasteiger partial charge in [0.1, 0.15) is 5.76 Å². The van der Waals surface area contributed by atoms with Crippen molar-refractivity contribution in [2.75, 3.05) is 9.80 Å². The van der Waals surface area contributed by atoms with E-state index >= 15 is 0 Å². The first-order valence-electron chi connectivity index (χ1n) is 17.5. The van der Waals surface area contributed by atoms with Crippen LogP contribution in [-0.2, 0) is 26.2 Å². The van der Waals surface area contributed by atoms with Crippen LogP contribution < -0.4 is 9.80 Å². The number of nitrogens with zero attached hydrogens (tertiary/aromatic N) is 2. The van der Waals surface area contributed by atoms with E-state index in [-0.39, 0.29) is 5.92 Å². The molecule has 0 unspecified atom stereocenters. The largest absolute Gasteiger partial charge is 0.468 e. The zero-order chi connectivity index (χ0) is 34.1. The summed E-state index contributed by atoms with van der Waals surface area (Å²) in [6.45, 7) is 7.81. The van der Waals surface area contributed by atoms with E-state index in [1.54, 1.807) is 6.26 Å². The van der Waals surface area contributed by atoms with Crippen molar-refractivity contribution < 1.29 is 4.42 Å². The van der Waals surface area contributed by atoms with Gasteiger partial charge in [0.15, 0.2) is 0 Å². The number of benzene rings is 6. The number of hydrogen-bond acceptors (Lipinski definition) is 3. The summed E-state index contributed by atoms with van der Waals surface area (Å²) in [5.41, 5.74) is 12.6. The van der Waals surface area contributed by atoms with Crippen LogP contribution in [0.2, 0.25) is 0 Å². The van der Waals surface area contributed by atoms with Gasteiger partial charge in [-0.3, -0.25) is 0 Å². The van der Waals surface area contributed by atoms with Crippen molar-refractivity contribution in [3.05, 3.63) is 226 Å². The monoisotopic (exact) mass is 652 g/mol. The summed E-state index contributed by atoms with van der Waals surface area (Å²) in [4.78, 5) is 4.94. The number of anilines is 2. The minimum absolute atomic E-state index is 0.0264. The topological polar surface area (TPSA) is 19.6 Å². The molecule has 3 heteroatoms. The van der Waals surface area contributed by atoms with Crippen LogP contribution in [0.15, 0.2) is 181 Å². The molecular formula is C47H44N2O. The molecule has 248 valence electrons. The fraction of sp³-hybridized carbons (Fsp3) is 0.149. The first kappa shape index (κ1) is 32.7. The third-order valence-corrected chi connectivity index (χ3v) is 9.55. The molecule has 0 radical (unpaired) electrons. The molecule has 0 N–H and O–H groups in total. The Morgan fingerprint density at radius 2 is 0.780 bits per heavy atom. The van der Waals surface area contributed by atoms with E-state index in [0.29, 0.717) is 0 Å². The van der Waals surface area contributed by atoms with Crippen molar-refractivity contribution in [3.63, 3.8) is 0 Å². The van der Waals surface area contributed by atoms with E-state index in [9.17, 15) is 0 Å². The van der Waals surface area contributed by atoms with Gasteiger partial charge in [0.05, 0.1) is 12.2 Å². The van der Waals surface area contributed by atoms with Gasteiger partial charge in [0.2, 0.25) is 0 Å². The summed E-state index contributed by atoms with van der Waals surface area (Å²) in [5.74, 6) is 0.925. The lowest BCUT2D eigenvalue weighted by molar-refractivity contribution is 0.502. The van der Waals surface area contributed by atoms with E-state index in [1.165, 1.54) is 55.9 Å². The van der Waals surface area contributed by atoms with Crippen LogP contribution in [0.25, 0.3) is 0 Å². The molecule has 0 saturated carbocycles. The number of rotatable bonds is 13. The number of aryl methyl sites for hydroxylation is 2. The molecule has 0 atom stereocenters. The van der Waals surface area contributed by atoms with E-state index in [0.717, 1.165) is 31.9 Å². The number of furan rings is 1. The molecular weight excluding hydrogens is 609 g/mol. The maximum absolute atomic E-state index is 6.17. The van der Waals surface area contributed by atoms with Gasteiger partial charge in [0, 0.05) is 37.6 Å². The van der Waals surface area contributed by atoms with Crippen molar-refractivity contribution in [2.24, 2.45) is 0 Å². The predicted molar refractivity (Wildman–Crippen MR) is 208 cm³/mol. The summed E-state index contributed by atoms with van der Waals surface area (Å²) >= 11 is 0. The summed E-state index contributed by atoms with van der Waals surface area (Å²) in [6.07, 6.45) is 1.79. The van der Waals surface area contributed by atoms with Crippen LogP contribution in [0.1, 0.15) is 56.2 Å². The van der Waals surface area contributed by atoms with Gasteiger partial charge >= 0.3 is 0 Å². The van der Waals surface area contributed by atoms with Crippen LogP contribution in [0.4, 0.5) is 11.4 Å². The minimum atomic E-state index is -0.0264. The Morgan fingerprint density at radius 3 is 1.08 bits per heavy atom. The van der Waals surface area contributed by atoms with Gasteiger partial charge in [-0.2, -0.15) is 0 Å². The lowest BCUT2D eigenvalue weighted by atomic mass is 9.84. The van der Waals surface area contributed by atoms with Crippen LogP contribution in [0.3, 0.4) is 0 Å². The molecule has 0 aliphatic rings. The highest BCUT2D eigenvalue weighted by Crippen LogP contribution is 2.39. The van der Waals surface area contributed by atoms with Crippen molar-refractivity contribution in [1.82, 2.24) is 0 Å². The average Bonchev–Trinajstić information content (AvgIpc) is 3.69. The lowest BCUT2D eigenvalue weighted by Crippen LogP contribution is -2.22. The van der Waals surface area contributed by atoms with Gasteiger partial charge in [-0.1, -0.05) is 133 Å². The highest BCUT2D eigenvalue weighted by Gasteiger charge is 2.24. The summed E-state index contributed by atoms with van der Waals surface area (Å²) in [5, 5.41) is 0. The van der Waals surface area contributed by atoms with E-state index in [4.69, 9.17) is 4.42 Å². The van der Waals surface area contributed by atoms with Crippen molar-refractivity contribution in [2.45, 2.75) is 45.9 Å². The summed E-state index contributed by atoms with van der Waals surface area (Å²) in [7, 11) is 0. The van der Waals surface area contributed by atoms with Crippen LogP contribution in [-0.4, -0.2) is 0 Å². The molecule has 1 heterocycles. The Balaban J connectivity index is 1.22. The highest BCUT2D eigenvalue weighted by molar-refractivity contribution is 5.58. The third kappa shape index (κ3) is 7.90. The highest BCUT2D eigenvalue weighted by atomic mass is 16.3. The Morgan fingerprint density at radius 1 is 0.420 bits per heavy atom. The smallest absolute Gasteiger partial charge is 0.115 e. The minimum Gasteiger partial charge on any atom is -0.468 e. The SMILES string of the molecule is Cc1cc(N(Cc2ccccc2)Cc2ccccc2)ccc1C(c1ccco1)c1ccc(N(Cc2ccccc2)Cc2ccccc2)cc1C. The van der Waals surface area contributed by atoms with Gasteiger partial charge in [-0.25, -0.2) is 0 Å². The summed E-state index contributed by atoms with van der Waals surface area (Å²) in [6, 6.07) is 60.9. The van der Waals surface area contributed by atoms with Crippen molar-refractivity contribution in [1.29, 1.82) is 0 Å². The Kier molecular flexibility index (Phi) is 10.2. The molecule has 0 aliphatic heterocycles. The van der Waals surface area contributed by atoms with Gasteiger partial charge in [-0.15, -0.1) is 0 Å². The first-order valence-corrected chi connectivity index (χ1v) is 17.5. The standard InChI is InChI=1S/C47H44N2O/c1-36-30-42(48(32-38-16-7-3-8-17-38)33-39-18-9-4-10-19-39)25-27-44(36)47(46-24-15-29-50-46)45-28-26-43(31-37(45)2)49(34-40-20-11-5-12-21-40)35-41-22-13-6-14-23-41/h3-31,47H,32-35H2,1-2H3. The third-order valence-electron chi connectivity index (χ3n) is 9.55. The van der Waals surface area contributed by atoms with Crippen molar-refractivity contribution in [3.8, 4) is 0 Å². The lowest BCUT2D eigenvalue weighted by Gasteiger charge is -2.28. The van der Waals surface area contributed by atoms with Gasteiger partial charge in [0.25, 0.3) is 0 Å². The Bertz CT molecular complexity index is 1860. The fourth-order valence-corrected chi connectivity index (χ4v) is 6.98. The predicted octanol–water partition coefficient (Wildman–Crippen LogP) is 11.5. The second-order valence-electron chi connectivity index (χ2n) is 13.2. The molecule has 0 saturated heterocycles. The van der Waals surface area contributed by atoms with E-state index in [2.05, 4.69) is 187 Å². The maximum Gasteiger partial charge on any atom is 0.115 e. The maximum atomic E-state index is 6.17. The molecule has 0 spiro atoms. The second-order valence-corrected chi connectivity index (χ2v) is 13.2. The Labute approximate surface area is 297 Å². The molecule has 0 amide bonds. The van der Waals surface area contributed by atoms with Crippen LogP contribution >= 0.6 is 0 Å². The van der Waals surface area contributed by atoms with Gasteiger partial charge in [-0.05, 0) is 94.8 Å². The quantitative estimate of drug-likeness (QED) is 0.124. The molecule has 7 rings (SSSR count). The molecule has 3 nitrogen and oxygen atoms in total. The molecule has 50 heavy (non-hydrogen) atoms. The fourth-order valence-electron chi connectivity index (χ4n) is 6.98. The first-order chi connectivity index (χ1) is 24.6. The molecule has 0 bridgehead atoms. The normalized spacial score (nSPS) is 11.1. The van der Waals surface area contributed by atoms with E-state index in [1.807, 2.05) is 6.07 Å². The average molecular weight is 653 g/mol. The molecule has 0 fully saturated rings. The Hall–Kier alpha value is -5.80. The van der Waals surface area contributed by atoms with Crippen LogP contribution in [0.5, 0.6) is 0 Å².